The lowest BCUT2D eigenvalue weighted by Crippen LogP contribution is -2.07. The van der Waals surface area contributed by atoms with Gasteiger partial charge in [-0.15, -0.1) is 0 Å². The van der Waals surface area contributed by atoms with Gasteiger partial charge in [0.1, 0.15) is 0 Å². The molecule has 18 heavy (non-hydrogen) atoms. The van der Waals surface area contributed by atoms with Crippen LogP contribution in [0.4, 0.5) is 0 Å². The molecule has 1 aromatic rings. The van der Waals surface area contributed by atoms with Gasteiger partial charge in [0.05, 0.1) is 12.7 Å². The van der Waals surface area contributed by atoms with Gasteiger partial charge < -0.3 is 23.7 Å². The zero-order valence-corrected chi connectivity index (χ0v) is 10.6. The summed E-state index contributed by atoms with van der Waals surface area (Å²) in [6, 6.07) is 3.20. The SMILES string of the molecule is COCOc1c(C=O)ccc(OC)c1OCOC. The van der Waals surface area contributed by atoms with Crippen LogP contribution in [0.3, 0.4) is 0 Å². The summed E-state index contributed by atoms with van der Waals surface area (Å²) in [5.41, 5.74) is 0.346. The van der Waals surface area contributed by atoms with E-state index in [1.165, 1.54) is 21.3 Å². The number of hydrogen-bond donors (Lipinski definition) is 0. The molecule has 0 aromatic heterocycles. The molecule has 0 saturated carbocycles. The van der Waals surface area contributed by atoms with Gasteiger partial charge in [-0.2, -0.15) is 0 Å². The third kappa shape index (κ3) is 3.35. The van der Waals surface area contributed by atoms with Gasteiger partial charge in [0, 0.05) is 14.2 Å². The standard InChI is InChI=1S/C12H16O6/c1-14-7-17-11-9(6-13)4-5-10(16-3)12(11)18-8-15-2/h4-6H,7-8H2,1-3H3. The highest BCUT2D eigenvalue weighted by Gasteiger charge is 2.17. The van der Waals surface area contributed by atoms with Gasteiger partial charge in [-0.05, 0) is 12.1 Å². The maximum Gasteiger partial charge on any atom is 0.207 e. The molecule has 0 atom stereocenters. The van der Waals surface area contributed by atoms with Crippen molar-refractivity contribution in [2.75, 3.05) is 34.9 Å². The van der Waals surface area contributed by atoms with E-state index in [0.29, 0.717) is 23.3 Å². The van der Waals surface area contributed by atoms with Crippen LogP contribution in [0.25, 0.3) is 0 Å². The topological polar surface area (TPSA) is 63.2 Å². The van der Waals surface area contributed by atoms with E-state index in [1.807, 2.05) is 0 Å². The van der Waals surface area contributed by atoms with E-state index in [2.05, 4.69) is 0 Å². The second-order valence-electron chi connectivity index (χ2n) is 3.23. The Kier molecular flexibility index (Phi) is 5.96. The van der Waals surface area contributed by atoms with Gasteiger partial charge in [-0.25, -0.2) is 0 Å². The molecule has 100 valence electrons. The molecule has 0 amide bonds. The van der Waals surface area contributed by atoms with Gasteiger partial charge >= 0.3 is 0 Å². The van der Waals surface area contributed by atoms with E-state index in [0.717, 1.165) is 0 Å². The highest BCUT2D eigenvalue weighted by Crippen LogP contribution is 2.39. The molecule has 0 aliphatic rings. The molecule has 0 saturated heterocycles. The lowest BCUT2D eigenvalue weighted by atomic mass is 10.2. The van der Waals surface area contributed by atoms with E-state index in [4.69, 9.17) is 23.7 Å². The van der Waals surface area contributed by atoms with Gasteiger partial charge in [0.2, 0.25) is 5.75 Å². The van der Waals surface area contributed by atoms with E-state index in [-0.39, 0.29) is 19.3 Å². The zero-order valence-electron chi connectivity index (χ0n) is 10.6. The van der Waals surface area contributed by atoms with Crippen molar-refractivity contribution >= 4 is 6.29 Å². The van der Waals surface area contributed by atoms with E-state index in [9.17, 15) is 4.79 Å². The zero-order chi connectivity index (χ0) is 13.4. The first-order valence-electron chi connectivity index (χ1n) is 5.18. The highest BCUT2D eigenvalue weighted by molar-refractivity contribution is 5.82. The van der Waals surface area contributed by atoms with E-state index >= 15 is 0 Å². The van der Waals surface area contributed by atoms with E-state index in [1.54, 1.807) is 12.1 Å². The summed E-state index contributed by atoms with van der Waals surface area (Å²) in [6.07, 6.45) is 0.671. The molecule has 0 N–H and O–H groups in total. The Balaban J connectivity index is 3.14. The van der Waals surface area contributed by atoms with Crippen molar-refractivity contribution in [2.45, 2.75) is 0 Å². The fraction of sp³-hybridized carbons (Fsp3) is 0.417. The monoisotopic (exact) mass is 256 g/mol. The van der Waals surface area contributed by atoms with E-state index < -0.39 is 0 Å². The van der Waals surface area contributed by atoms with Gasteiger partial charge in [0.25, 0.3) is 0 Å². The van der Waals surface area contributed by atoms with Crippen molar-refractivity contribution < 1.29 is 28.5 Å². The molecule has 0 aliphatic heterocycles. The molecule has 1 aromatic carbocycles. The van der Waals surface area contributed by atoms with Crippen molar-refractivity contribution in [2.24, 2.45) is 0 Å². The third-order valence-corrected chi connectivity index (χ3v) is 2.10. The summed E-state index contributed by atoms with van der Waals surface area (Å²) in [4.78, 5) is 11.0. The summed E-state index contributed by atoms with van der Waals surface area (Å²) in [5, 5.41) is 0. The van der Waals surface area contributed by atoms with Gasteiger partial charge in [-0.3, -0.25) is 4.79 Å². The molecule has 0 fully saturated rings. The number of aldehydes is 1. The molecule has 0 spiro atoms. The van der Waals surface area contributed by atoms with Crippen molar-refractivity contribution in [1.29, 1.82) is 0 Å². The Bertz CT molecular complexity index is 390. The molecule has 6 nitrogen and oxygen atoms in total. The number of rotatable bonds is 8. The van der Waals surface area contributed by atoms with Crippen LogP contribution in [-0.4, -0.2) is 41.2 Å². The van der Waals surface area contributed by atoms with Crippen LogP contribution in [0, 0.1) is 0 Å². The summed E-state index contributed by atoms with van der Waals surface area (Å²) < 4.78 is 25.5. The Morgan fingerprint density at radius 3 is 2.11 bits per heavy atom. The summed E-state index contributed by atoms with van der Waals surface area (Å²) in [6.45, 7) is 0.0133. The first kappa shape index (κ1) is 14.3. The van der Waals surface area contributed by atoms with Gasteiger partial charge in [-0.1, -0.05) is 0 Å². The number of benzene rings is 1. The summed E-state index contributed by atoms with van der Waals surface area (Å²) >= 11 is 0. The molecule has 6 heteroatoms. The minimum absolute atomic E-state index is 0.00263. The van der Waals surface area contributed by atoms with Crippen LogP contribution in [0.15, 0.2) is 12.1 Å². The Morgan fingerprint density at radius 2 is 1.61 bits per heavy atom. The van der Waals surface area contributed by atoms with Crippen LogP contribution >= 0.6 is 0 Å². The normalized spacial score (nSPS) is 9.94. The Labute approximate surface area is 105 Å². The Morgan fingerprint density at radius 1 is 1.00 bits per heavy atom. The minimum atomic E-state index is -0.00263. The molecule has 0 radical (unpaired) electrons. The largest absolute Gasteiger partial charge is 0.493 e. The third-order valence-electron chi connectivity index (χ3n) is 2.10. The minimum Gasteiger partial charge on any atom is -0.493 e. The van der Waals surface area contributed by atoms with Crippen LogP contribution in [0.5, 0.6) is 17.2 Å². The van der Waals surface area contributed by atoms with Gasteiger partial charge in [0.15, 0.2) is 31.4 Å². The summed E-state index contributed by atoms with van der Waals surface area (Å²) in [7, 11) is 4.47. The number of hydrogen-bond acceptors (Lipinski definition) is 6. The first-order chi connectivity index (χ1) is 8.78. The second-order valence-corrected chi connectivity index (χ2v) is 3.23. The first-order valence-corrected chi connectivity index (χ1v) is 5.18. The molecule has 1 rings (SSSR count). The van der Waals surface area contributed by atoms with Crippen molar-refractivity contribution in [3.8, 4) is 17.2 Å². The maximum absolute atomic E-state index is 11.0. The van der Waals surface area contributed by atoms with Crippen molar-refractivity contribution in [3.63, 3.8) is 0 Å². The fourth-order valence-electron chi connectivity index (χ4n) is 1.33. The smallest absolute Gasteiger partial charge is 0.207 e. The van der Waals surface area contributed by atoms with Crippen LogP contribution < -0.4 is 14.2 Å². The highest BCUT2D eigenvalue weighted by atomic mass is 16.7. The predicted octanol–water partition coefficient (Wildman–Crippen LogP) is 1.47. The number of carbonyl (C=O) groups is 1. The average Bonchev–Trinajstić information content (AvgIpc) is 2.42. The van der Waals surface area contributed by atoms with Crippen LogP contribution in [0.2, 0.25) is 0 Å². The maximum atomic E-state index is 11.0. The van der Waals surface area contributed by atoms with Crippen molar-refractivity contribution in [1.82, 2.24) is 0 Å². The fourth-order valence-corrected chi connectivity index (χ4v) is 1.33. The Hall–Kier alpha value is -1.79. The average molecular weight is 256 g/mol. The molecular formula is C12H16O6. The molecular weight excluding hydrogens is 240 g/mol. The molecule has 0 bridgehead atoms. The molecule has 0 heterocycles. The second kappa shape index (κ2) is 7.52. The molecule has 0 aliphatic carbocycles. The number of methoxy groups -OCH3 is 3. The number of carbonyl (C=O) groups excluding carboxylic acids is 1. The van der Waals surface area contributed by atoms with Crippen LogP contribution in [-0.2, 0) is 9.47 Å². The van der Waals surface area contributed by atoms with Crippen LogP contribution in [0.1, 0.15) is 10.4 Å². The molecule has 0 unspecified atom stereocenters. The van der Waals surface area contributed by atoms with Crippen molar-refractivity contribution in [3.05, 3.63) is 17.7 Å². The lowest BCUT2D eigenvalue weighted by molar-refractivity contribution is 0.0304. The lowest BCUT2D eigenvalue weighted by Gasteiger charge is -2.16. The predicted molar refractivity (Wildman–Crippen MR) is 63.4 cm³/mol. The number of ether oxygens (including phenoxy) is 5. The summed E-state index contributed by atoms with van der Waals surface area (Å²) in [5.74, 6) is 1.02. The quantitative estimate of drug-likeness (QED) is 0.518.